The van der Waals surface area contributed by atoms with Crippen molar-refractivity contribution in [1.82, 2.24) is 9.97 Å². The summed E-state index contributed by atoms with van der Waals surface area (Å²) in [4.78, 5) is 8.26. The van der Waals surface area contributed by atoms with E-state index in [1.165, 1.54) is 0 Å². The summed E-state index contributed by atoms with van der Waals surface area (Å²) < 4.78 is 5.92. The van der Waals surface area contributed by atoms with E-state index >= 15 is 0 Å². The zero-order chi connectivity index (χ0) is 12.3. The van der Waals surface area contributed by atoms with Crippen LogP contribution in [0.15, 0.2) is 35.1 Å². The molecule has 0 unspecified atom stereocenters. The van der Waals surface area contributed by atoms with E-state index < -0.39 is 0 Å². The molecule has 0 aliphatic heterocycles. The van der Waals surface area contributed by atoms with Crippen LogP contribution in [-0.2, 0) is 0 Å². The normalized spacial score (nSPS) is 10.0. The maximum absolute atomic E-state index is 5.82. The Morgan fingerprint density at radius 1 is 1.35 bits per heavy atom. The number of ether oxygens (including phenoxy) is 1. The molecule has 0 amide bonds. The number of aromatic nitrogens is 2. The molecule has 5 nitrogen and oxygen atoms in total. The van der Waals surface area contributed by atoms with Gasteiger partial charge in [-0.25, -0.2) is 0 Å². The average molecular weight is 295 g/mol. The number of nitrogens with two attached hydrogens (primary N) is 1. The van der Waals surface area contributed by atoms with E-state index in [-0.39, 0.29) is 0 Å². The fourth-order valence-electron chi connectivity index (χ4n) is 1.28. The summed E-state index contributed by atoms with van der Waals surface area (Å²) in [6.45, 7) is 0. The highest BCUT2D eigenvalue weighted by Crippen LogP contribution is 2.24. The van der Waals surface area contributed by atoms with E-state index in [9.17, 15) is 0 Å². The highest BCUT2D eigenvalue weighted by atomic mass is 79.9. The fourth-order valence-corrected chi connectivity index (χ4v) is 1.65. The minimum absolute atomic E-state index is 0.504. The second-order valence-electron chi connectivity index (χ2n) is 3.31. The van der Waals surface area contributed by atoms with Crippen molar-refractivity contribution < 1.29 is 4.74 Å². The molecule has 17 heavy (non-hydrogen) atoms. The van der Waals surface area contributed by atoms with E-state index in [4.69, 9.17) is 10.5 Å². The van der Waals surface area contributed by atoms with Gasteiger partial charge >= 0.3 is 0 Å². The van der Waals surface area contributed by atoms with E-state index in [1.54, 1.807) is 31.6 Å². The van der Waals surface area contributed by atoms with Crippen LogP contribution in [0.1, 0.15) is 0 Å². The predicted molar refractivity (Wildman–Crippen MR) is 70.4 cm³/mol. The van der Waals surface area contributed by atoms with Crippen molar-refractivity contribution in [2.45, 2.75) is 0 Å². The van der Waals surface area contributed by atoms with Crippen LogP contribution in [0.25, 0.3) is 0 Å². The molecule has 0 atom stereocenters. The lowest BCUT2D eigenvalue weighted by molar-refractivity contribution is 0.398. The van der Waals surface area contributed by atoms with Gasteiger partial charge < -0.3 is 15.8 Å². The number of rotatable bonds is 3. The van der Waals surface area contributed by atoms with Gasteiger partial charge in [-0.3, -0.25) is 4.98 Å². The van der Waals surface area contributed by atoms with Crippen LogP contribution in [0.4, 0.5) is 17.2 Å². The summed E-state index contributed by atoms with van der Waals surface area (Å²) in [6, 6.07) is 5.33. The first-order valence-electron chi connectivity index (χ1n) is 4.87. The number of hydrogen-bond donors (Lipinski definition) is 2. The topological polar surface area (TPSA) is 73.1 Å². The Labute approximate surface area is 107 Å². The van der Waals surface area contributed by atoms with Crippen LogP contribution in [0.5, 0.6) is 5.88 Å². The molecule has 0 fully saturated rings. The minimum atomic E-state index is 0.504. The molecule has 0 aliphatic rings. The fraction of sp³-hybridized carbons (Fsp3) is 0.0909. The van der Waals surface area contributed by atoms with Gasteiger partial charge in [0.1, 0.15) is 0 Å². The van der Waals surface area contributed by atoms with E-state index in [0.717, 1.165) is 10.2 Å². The Bertz CT molecular complexity index is 533. The van der Waals surface area contributed by atoms with Gasteiger partial charge in [0.2, 0.25) is 5.88 Å². The summed E-state index contributed by atoms with van der Waals surface area (Å²) in [5, 5.41) is 3.08. The highest BCUT2D eigenvalue weighted by Gasteiger charge is 2.04. The van der Waals surface area contributed by atoms with Crippen LogP contribution >= 0.6 is 15.9 Å². The standard InChI is InChI=1S/C11H11BrN4O/c1-17-10-3-2-9(13)11(16-10)15-8-4-7(12)5-14-6-8/h2-6H,13H2,1H3,(H,15,16). The molecule has 6 heteroatoms. The summed E-state index contributed by atoms with van der Waals surface area (Å²) in [7, 11) is 1.56. The molecule has 3 N–H and O–H groups in total. The van der Waals surface area contributed by atoms with Crippen molar-refractivity contribution in [3.05, 3.63) is 35.1 Å². The Balaban J connectivity index is 2.29. The van der Waals surface area contributed by atoms with Gasteiger partial charge in [-0.1, -0.05) is 0 Å². The molecule has 0 aromatic carbocycles. The van der Waals surface area contributed by atoms with Gasteiger partial charge in [0.25, 0.3) is 0 Å². The summed E-state index contributed by atoms with van der Waals surface area (Å²) in [5.74, 6) is 1.05. The first-order valence-corrected chi connectivity index (χ1v) is 5.66. The summed E-state index contributed by atoms with van der Waals surface area (Å²) >= 11 is 3.34. The van der Waals surface area contributed by atoms with E-state index in [1.807, 2.05) is 6.07 Å². The van der Waals surface area contributed by atoms with Crippen LogP contribution in [-0.4, -0.2) is 17.1 Å². The predicted octanol–water partition coefficient (Wildman–Crippen LogP) is 2.57. The molecule has 0 saturated carbocycles. The average Bonchev–Trinajstić information content (AvgIpc) is 2.32. The van der Waals surface area contributed by atoms with Crippen molar-refractivity contribution in [2.75, 3.05) is 18.2 Å². The quantitative estimate of drug-likeness (QED) is 0.910. The third-order valence-electron chi connectivity index (χ3n) is 2.08. The number of pyridine rings is 2. The first-order chi connectivity index (χ1) is 8.19. The number of methoxy groups -OCH3 is 1. The largest absolute Gasteiger partial charge is 0.481 e. The smallest absolute Gasteiger partial charge is 0.215 e. The third kappa shape index (κ3) is 2.85. The lowest BCUT2D eigenvalue weighted by atomic mass is 10.3. The van der Waals surface area contributed by atoms with Crippen LogP contribution in [0, 0.1) is 0 Å². The lowest BCUT2D eigenvalue weighted by Gasteiger charge is -2.09. The third-order valence-corrected chi connectivity index (χ3v) is 2.51. The number of hydrogen-bond acceptors (Lipinski definition) is 5. The SMILES string of the molecule is COc1ccc(N)c(Nc2cncc(Br)c2)n1. The van der Waals surface area contributed by atoms with E-state index in [0.29, 0.717) is 17.4 Å². The van der Waals surface area contributed by atoms with Crippen molar-refractivity contribution in [3.63, 3.8) is 0 Å². The van der Waals surface area contributed by atoms with Gasteiger partial charge in [-0.2, -0.15) is 4.98 Å². The van der Waals surface area contributed by atoms with Crippen LogP contribution in [0.2, 0.25) is 0 Å². The van der Waals surface area contributed by atoms with Gasteiger partial charge in [0, 0.05) is 16.7 Å². The molecule has 0 bridgehead atoms. The van der Waals surface area contributed by atoms with Crippen molar-refractivity contribution >= 4 is 33.1 Å². The van der Waals surface area contributed by atoms with Crippen LogP contribution < -0.4 is 15.8 Å². The molecule has 2 rings (SSSR count). The van der Waals surface area contributed by atoms with Crippen LogP contribution in [0.3, 0.4) is 0 Å². The Hall–Kier alpha value is -1.82. The minimum Gasteiger partial charge on any atom is -0.481 e. The maximum atomic E-state index is 5.82. The molecular weight excluding hydrogens is 284 g/mol. The monoisotopic (exact) mass is 294 g/mol. The molecule has 2 aromatic rings. The summed E-state index contributed by atoms with van der Waals surface area (Å²) in [6.07, 6.45) is 3.39. The van der Waals surface area contributed by atoms with Gasteiger partial charge in [-0.05, 0) is 28.1 Å². The maximum Gasteiger partial charge on any atom is 0.215 e. The molecule has 0 saturated heterocycles. The van der Waals surface area contributed by atoms with Crippen molar-refractivity contribution in [1.29, 1.82) is 0 Å². The Morgan fingerprint density at radius 2 is 2.18 bits per heavy atom. The number of nitrogen functional groups attached to an aromatic ring is 1. The zero-order valence-corrected chi connectivity index (χ0v) is 10.7. The molecule has 2 heterocycles. The number of nitrogens with zero attached hydrogens (tertiary/aromatic N) is 2. The second kappa shape index (κ2) is 5.01. The van der Waals surface area contributed by atoms with Gasteiger partial charge in [0.05, 0.1) is 24.7 Å². The number of nitrogens with one attached hydrogen (secondary N) is 1. The molecule has 2 aromatic heterocycles. The molecular formula is C11H11BrN4O. The lowest BCUT2D eigenvalue weighted by Crippen LogP contribution is -2.00. The highest BCUT2D eigenvalue weighted by molar-refractivity contribution is 9.10. The molecule has 88 valence electrons. The van der Waals surface area contributed by atoms with Gasteiger partial charge in [-0.15, -0.1) is 0 Å². The summed E-state index contributed by atoms with van der Waals surface area (Å²) in [5.41, 5.74) is 7.16. The molecule has 0 spiro atoms. The van der Waals surface area contributed by atoms with Gasteiger partial charge in [0.15, 0.2) is 5.82 Å². The number of anilines is 3. The zero-order valence-electron chi connectivity index (χ0n) is 9.14. The Morgan fingerprint density at radius 3 is 2.88 bits per heavy atom. The van der Waals surface area contributed by atoms with Crippen molar-refractivity contribution in [3.8, 4) is 5.88 Å². The molecule has 0 aliphatic carbocycles. The Kier molecular flexibility index (Phi) is 3.43. The first kappa shape index (κ1) is 11.7. The number of halogens is 1. The second-order valence-corrected chi connectivity index (χ2v) is 4.22. The van der Waals surface area contributed by atoms with Crippen molar-refractivity contribution in [2.24, 2.45) is 0 Å². The van der Waals surface area contributed by atoms with E-state index in [2.05, 4.69) is 31.2 Å². The molecule has 0 radical (unpaired) electrons.